The summed E-state index contributed by atoms with van der Waals surface area (Å²) in [6.45, 7) is 5.24. The highest BCUT2D eigenvalue weighted by Crippen LogP contribution is 2.25. The number of rotatable bonds is 3. The first-order chi connectivity index (χ1) is 12.2. The van der Waals surface area contributed by atoms with E-state index in [0.29, 0.717) is 5.82 Å². The van der Waals surface area contributed by atoms with Gasteiger partial charge in [-0.3, -0.25) is 0 Å². The van der Waals surface area contributed by atoms with Gasteiger partial charge >= 0.3 is 0 Å². The summed E-state index contributed by atoms with van der Waals surface area (Å²) >= 11 is 0. The zero-order chi connectivity index (χ0) is 17.2. The lowest BCUT2D eigenvalue weighted by Gasteiger charge is -2.27. The van der Waals surface area contributed by atoms with Crippen molar-refractivity contribution in [2.45, 2.75) is 6.92 Å². The maximum atomic E-state index is 5.39. The number of benzene rings is 1. The van der Waals surface area contributed by atoms with Crippen molar-refractivity contribution in [1.82, 2.24) is 15.0 Å². The Labute approximate surface area is 146 Å². The third-order valence-corrected chi connectivity index (χ3v) is 4.43. The number of aryl methyl sites for hydroxylation is 1. The number of hydrogen-bond acceptors (Lipinski definition) is 6. The molecule has 0 atom stereocenters. The van der Waals surface area contributed by atoms with Crippen molar-refractivity contribution in [2.24, 2.45) is 0 Å². The second kappa shape index (κ2) is 6.64. The number of hydrogen-bond donors (Lipinski definition) is 0. The highest BCUT2D eigenvalue weighted by Gasteiger charge is 2.13. The van der Waals surface area contributed by atoms with Crippen LogP contribution in [0.15, 0.2) is 36.5 Å². The Hall–Kier alpha value is -2.73. The van der Waals surface area contributed by atoms with E-state index in [2.05, 4.69) is 19.9 Å². The lowest BCUT2D eigenvalue weighted by Crippen LogP contribution is -2.36. The molecule has 0 N–H and O–H groups in total. The molecule has 0 bridgehead atoms. The molecule has 6 nitrogen and oxygen atoms in total. The Morgan fingerprint density at radius 1 is 1.08 bits per heavy atom. The van der Waals surface area contributed by atoms with E-state index in [1.807, 2.05) is 43.5 Å². The fourth-order valence-corrected chi connectivity index (χ4v) is 3.01. The fraction of sp³-hybridized carbons (Fsp3) is 0.316. The van der Waals surface area contributed by atoms with Crippen LogP contribution in [-0.4, -0.2) is 48.4 Å². The minimum Gasteiger partial charge on any atom is -0.497 e. The van der Waals surface area contributed by atoms with Crippen molar-refractivity contribution in [3.63, 3.8) is 0 Å². The lowest BCUT2D eigenvalue weighted by atomic mass is 10.1. The topological polar surface area (TPSA) is 60.4 Å². The van der Waals surface area contributed by atoms with Crippen molar-refractivity contribution in [3.8, 4) is 17.1 Å². The molecule has 4 rings (SSSR count). The molecule has 0 aliphatic carbocycles. The third-order valence-electron chi connectivity index (χ3n) is 4.43. The Morgan fingerprint density at radius 3 is 2.64 bits per heavy atom. The van der Waals surface area contributed by atoms with Crippen LogP contribution < -0.4 is 9.64 Å². The summed E-state index contributed by atoms with van der Waals surface area (Å²) in [6.07, 6.45) is 1.84. The molecule has 0 saturated carbocycles. The molecule has 3 heterocycles. The predicted molar refractivity (Wildman–Crippen MR) is 97.1 cm³/mol. The number of pyridine rings is 1. The molecule has 0 radical (unpaired) electrons. The number of methoxy groups -OCH3 is 1. The first kappa shape index (κ1) is 15.8. The number of aromatic nitrogens is 3. The number of ether oxygens (including phenoxy) is 2. The first-order valence-electron chi connectivity index (χ1n) is 8.36. The minimum atomic E-state index is 0.691. The van der Waals surface area contributed by atoms with Gasteiger partial charge in [-0.25, -0.2) is 15.0 Å². The summed E-state index contributed by atoms with van der Waals surface area (Å²) < 4.78 is 10.7. The molecule has 3 aromatic rings. The SMILES string of the molecule is COc1ccc2nc(-c3ccc(N4CCOCC4)nc3)nc(C)c2c1. The van der Waals surface area contributed by atoms with Crippen LogP contribution in [0.5, 0.6) is 5.75 Å². The van der Waals surface area contributed by atoms with Gasteiger partial charge in [0.1, 0.15) is 11.6 Å². The van der Waals surface area contributed by atoms with Crippen LogP contribution in [0, 0.1) is 6.92 Å². The van der Waals surface area contributed by atoms with Crippen LogP contribution in [0.1, 0.15) is 5.69 Å². The molecule has 0 spiro atoms. The van der Waals surface area contributed by atoms with Gasteiger partial charge in [-0.15, -0.1) is 0 Å². The zero-order valence-corrected chi connectivity index (χ0v) is 14.4. The van der Waals surface area contributed by atoms with Gasteiger partial charge in [-0.2, -0.15) is 0 Å². The average Bonchev–Trinajstić information content (AvgIpc) is 2.68. The Balaban J connectivity index is 1.67. The van der Waals surface area contributed by atoms with Gasteiger partial charge < -0.3 is 14.4 Å². The van der Waals surface area contributed by atoms with Gasteiger partial charge in [0.05, 0.1) is 25.8 Å². The van der Waals surface area contributed by atoms with Crippen LogP contribution in [-0.2, 0) is 4.74 Å². The zero-order valence-electron chi connectivity index (χ0n) is 14.4. The number of morpholine rings is 1. The van der Waals surface area contributed by atoms with Crippen molar-refractivity contribution in [3.05, 3.63) is 42.2 Å². The molecule has 0 amide bonds. The largest absolute Gasteiger partial charge is 0.497 e. The maximum Gasteiger partial charge on any atom is 0.161 e. The summed E-state index contributed by atoms with van der Waals surface area (Å²) in [6, 6.07) is 9.90. The van der Waals surface area contributed by atoms with Crippen LogP contribution in [0.2, 0.25) is 0 Å². The van der Waals surface area contributed by atoms with Gasteiger partial charge in [-0.1, -0.05) is 0 Å². The molecule has 1 fully saturated rings. The molecule has 1 aliphatic rings. The van der Waals surface area contributed by atoms with Gasteiger partial charge in [0.25, 0.3) is 0 Å². The van der Waals surface area contributed by atoms with Crippen LogP contribution in [0.25, 0.3) is 22.3 Å². The summed E-state index contributed by atoms with van der Waals surface area (Å²) in [7, 11) is 1.66. The third kappa shape index (κ3) is 3.13. The van der Waals surface area contributed by atoms with Crippen LogP contribution in [0.3, 0.4) is 0 Å². The van der Waals surface area contributed by atoms with Gasteiger partial charge in [0.2, 0.25) is 0 Å². The molecule has 0 unspecified atom stereocenters. The van der Waals surface area contributed by atoms with Gasteiger partial charge in [0.15, 0.2) is 5.82 Å². The van der Waals surface area contributed by atoms with Crippen LogP contribution >= 0.6 is 0 Å². The predicted octanol–water partition coefficient (Wildman–Crippen LogP) is 2.85. The van der Waals surface area contributed by atoms with Crippen molar-refractivity contribution >= 4 is 16.7 Å². The highest BCUT2D eigenvalue weighted by molar-refractivity contribution is 5.84. The lowest BCUT2D eigenvalue weighted by molar-refractivity contribution is 0.122. The monoisotopic (exact) mass is 336 g/mol. The second-order valence-electron chi connectivity index (χ2n) is 6.02. The highest BCUT2D eigenvalue weighted by atomic mass is 16.5. The molecule has 1 saturated heterocycles. The minimum absolute atomic E-state index is 0.691. The maximum absolute atomic E-state index is 5.39. The molecular weight excluding hydrogens is 316 g/mol. The summed E-state index contributed by atoms with van der Waals surface area (Å²) in [5.74, 6) is 2.47. The molecule has 128 valence electrons. The number of anilines is 1. The summed E-state index contributed by atoms with van der Waals surface area (Å²) in [4.78, 5) is 16.1. The Bertz CT molecular complexity index is 890. The van der Waals surface area contributed by atoms with E-state index in [0.717, 1.165) is 60.0 Å². The molecule has 6 heteroatoms. The van der Waals surface area contributed by atoms with E-state index in [1.54, 1.807) is 7.11 Å². The van der Waals surface area contributed by atoms with Crippen molar-refractivity contribution in [1.29, 1.82) is 0 Å². The van der Waals surface area contributed by atoms with Crippen molar-refractivity contribution < 1.29 is 9.47 Å². The second-order valence-corrected chi connectivity index (χ2v) is 6.02. The number of nitrogens with zero attached hydrogens (tertiary/aromatic N) is 4. The van der Waals surface area contributed by atoms with E-state index in [1.165, 1.54) is 0 Å². The Kier molecular flexibility index (Phi) is 4.19. The Morgan fingerprint density at radius 2 is 1.92 bits per heavy atom. The fourth-order valence-electron chi connectivity index (χ4n) is 3.01. The van der Waals surface area contributed by atoms with E-state index in [4.69, 9.17) is 9.47 Å². The molecular formula is C19H20N4O2. The van der Waals surface area contributed by atoms with Crippen LogP contribution in [0.4, 0.5) is 5.82 Å². The standard InChI is InChI=1S/C19H20N4O2/c1-13-16-11-15(24-2)4-5-17(16)22-19(21-13)14-3-6-18(20-12-14)23-7-9-25-10-8-23/h3-6,11-12H,7-10H2,1-2H3. The van der Waals surface area contributed by atoms with Gasteiger partial charge in [-0.05, 0) is 37.3 Å². The molecule has 1 aliphatic heterocycles. The van der Waals surface area contributed by atoms with Crippen molar-refractivity contribution in [2.75, 3.05) is 38.3 Å². The quantitative estimate of drug-likeness (QED) is 0.733. The number of fused-ring (bicyclic) bond motifs is 1. The first-order valence-corrected chi connectivity index (χ1v) is 8.36. The van der Waals surface area contributed by atoms with E-state index in [9.17, 15) is 0 Å². The molecule has 25 heavy (non-hydrogen) atoms. The summed E-state index contributed by atoms with van der Waals surface area (Å²) in [5.41, 5.74) is 2.74. The average molecular weight is 336 g/mol. The normalized spacial score (nSPS) is 14.7. The smallest absolute Gasteiger partial charge is 0.161 e. The van der Waals surface area contributed by atoms with E-state index in [-0.39, 0.29) is 0 Å². The van der Waals surface area contributed by atoms with Gasteiger partial charge in [0, 0.05) is 35.9 Å². The van der Waals surface area contributed by atoms with E-state index >= 15 is 0 Å². The van der Waals surface area contributed by atoms with E-state index < -0.39 is 0 Å². The molecule has 1 aromatic carbocycles. The summed E-state index contributed by atoms with van der Waals surface area (Å²) in [5, 5.41) is 1.00. The molecule has 2 aromatic heterocycles.